The molecule has 1 aliphatic heterocycles. The Balaban J connectivity index is 1.77. The van der Waals surface area contributed by atoms with Crippen molar-refractivity contribution in [3.05, 3.63) is 92.9 Å². The number of nitrogens with one attached hydrogen (secondary N) is 2. The van der Waals surface area contributed by atoms with Gasteiger partial charge in [0.25, 0.3) is 5.56 Å². The number of anilines is 1. The SMILES string of the molecule is COC(=O)C1=C(C)Nc2nc(SCc3ccccc3)[nH]c(=O)c2[C@H]1c1ccc(O)cc1. The lowest BCUT2D eigenvalue weighted by atomic mass is 9.82. The molecule has 0 unspecified atom stereocenters. The molecule has 0 fully saturated rings. The Morgan fingerprint density at radius 2 is 1.87 bits per heavy atom. The van der Waals surface area contributed by atoms with Crippen LogP contribution in [0.4, 0.5) is 5.82 Å². The highest BCUT2D eigenvalue weighted by atomic mass is 32.2. The summed E-state index contributed by atoms with van der Waals surface area (Å²) in [6.07, 6.45) is 0. The summed E-state index contributed by atoms with van der Waals surface area (Å²) >= 11 is 1.42. The topological polar surface area (TPSA) is 104 Å². The Morgan fingerprint density at radius 3 is 2.55 bits per heavy atom. The van der Waals surface area contributed by atoms with E-state index in [1.165, 1.54) is 31.0 Å². The Kier molecular flexibility index (Phi) is 5.81. The number of nitrogens with zero attached hydrogens (tertiary/aromatic N) is 1. The predicted molar refractivity (Wildman–Crippen MR) is 119 cm³/mol. The van der Waals surface area contributed by atoms with Crippen LogP contribution in [-0.4, -0.2) is 28.2 Å². The monoisotopic (exact) mass is 435 g/mol. The summed E-state index contributed by atoms with van der Waals surface area (Å²) in [6.45, 7) is 1.75. The minimum atomic E-state index is -0.672. The molecule has 31 heavy (non-hydrogen) atoms. The molecule has 0 radical (unpaired) electrons. The van der Waals surface area contributed by atoms with Gasteiger partial charge in [-0.3, -0.25) is 4.79 Å². The minimum absolute atomic E-state index is 0.0953. The fourth-order valence-electron chi connectivity index (χ4n) is 3.61. The van der Waals surface area contributed by atoms with Crippen molar-refractivity contribution in [2.45, 2.75) is 23.8 Å². The standard InChI is InChI=1S/C23H21N3O4S/c1-13-17(22(29)30-2)18(15-8-10-16(27)11-9-15)19-20(24-13)25-23(26-21(19)28)31-12-14-6-4-3-5-7-14/h3-11,18,27H,12H2,1-2H3,(H2,24,25,26,28)/t18-/m0/s1. The Labute approximate surface area is 183 Å². The van der Waals surface area contributed by atoms with Crippen molar-refractivity contribution in [3.63, 3.8) is 0 Å². The average molecular weight is 436 g/mol. The number of aromatic nitrogens is 2. The molecule has 3 aromatic rings. The van der Waals surface area contributed by atoms with Crippen LogP contribution >= 0.6 is 11.8 Å². The number of aromatic amines is 1. The molecule has 0 saturated carbocycles. The second-order valence-corrected chi connectivity index (χ2v) is 8.05. The van der Waals surface area contributed by atoms with Gasteiger partial charge < -0.3 is 20.1 Å². The Morgan fingerprint density at radius 1 is 1.16 bits per heavy atom. The van der Waals surface area contributed by atoms with Crippen molar-refractivity contribution in [1.82, 2.24) is 9.97 Å². The van der Waals surface area contributed by atoms with Gasteiger partial charge in [0.2, 0.25) is 0 Å². The summed E-state index contributed by atoms with van der Waals surface area (Å²) in [5.74, 6) is -0.0449. The molecule has 3 N–H and O–H groups in total. The zero-order chi connectivity index (χ0) is 22.0. The van der Waals surface area contributed by atoms with Crippen molar-refractivity contribution in [3.8, 4) is 5.75 Å². The van der Waals surface area contributed by atoms with Gasteiger partial charge in [-0.05, 0) is 30.2 Å². The molecule has 0 spiro atoms. The number of thioether (sulfide) groups is 1. The lowest BCUT2D eigenvalue weighted by Crippen LogP contribution is -2.30. The number of hydrogen-bond acceptors (Lipinski definition) is 7. The number of aromatic hydroxyl groups is 1. The van der Waals surface area contributed by atoms with Crippen LogP contribution in [0.25, 0.3) is 0 Å². The minimum Gasteiger partial charge on any atom is -0.508 e. The lowest BCUT2D eigenvalue weighted by Gasteiger charge is -2.28. The maximum Gasteiger partial charge on any atom is 0.336 e. The normalized spacial score (nSPS) is 15.2. The first-order chi connectivity index (χ1) is 15.0. The number of phenols is 1. The maximum absolute atomic E-state index is 13.1. The quantitative estimate of drug-likeness (QED) is 0.318. The van der Waals surface area contributed by atoms with E-state index in [0.29, 0.717) is 39.1 Å². The first kappa shape index (κ1) is 20.7. The van der Waals surface area contributed by atoms with E-state index in [1.807, 2.05) is 30.3 Å². The summed E-state index contributed by atoms with van der Waals surface area (Å²) < 4.78 is 4.98. The second kappa shape index (κ2) is 8.69. The van der Waals surface area contributed by atoms with Crippen LogP contribution in [-0.2, 0) is 15.3 Å². The van der Waals surface area contributed by atoms with E-state index in [1.54, 1.807) is 19.1 Å². The van der Waals surface area contributed by atoms with Crippen molar-refractivity contribution < 1.29 is 14.6 Å². The summed E-state index contributed by atoms with van der Waals surface area (Å²) in [5.41, 5.74) is 2.69. The summed E-state index contributed by atoms with van der Waals surface area (Å²) in [7, 11) is 1.30. The molecule has 7 nitrogen and oxygen atoms in total. The van der Waals surface area contributed by atoms with Crippen LogP contribution < -0.4 is 10.9 Å². The third kappa shape index (κ3) is 4.20. The number of hydrogen-bond donors (Lipinski definition) is 3. The van der Waals surface area contributed by atoms with Gasteiger partial charge >= 0.3 is 5.97 Å². The summed E-state index contributed by atoms with van der Waals surface area (Å²) in [5, 5.41) is 13.3. The van der Waals surface area contributed by atoms with Gasteiger partial charge in [0.15, 0.2) is 5.16 Å². The van der Waals surface area contributed by atoms with Gasteiger partial charge in [0.05, 0.1) is 24.2 Å². The molecule has 1 atom stereocenters. The molecule has 1 aromatic heterocycles. The summed E-state index contributed by atoms with van der Waals surface area (Å²) in [4.78, 5) is 33.2. The molecule has 4 rings (SSSR count). The van der Waals surface area contributed by atoms with E-state index < -0.39 is 11.9 Å². The lowest BCUT2D eigenvalue weighted by molar-refractivity contribution is -0.136. The third-order valence-electron chi connectivity index (χ3n) is 5.07. The number of allylic oxidation sites excluding steroid dienone is 1. The van der Waals surface area contributed by atoms with Gasteiger partial charge in [-0.1, -0.05) is 54.2 Å². The molecule has 2 aromatic carbocycles. The molecule has 0 aliphatic carbocycles. The largest absolute Gasteiger partial charge is 0.508 e. The zero-order valence-corrected chi connectivity index (χ0v) is 17.8. The zero-order valence-electron chi connectivity index (χ0n) is 17.0. The number of fused-ring (bicyclic) bond motifs is 1. The molecule has 0 saturated heterocycles. The van der Waals surface area contributed by atoms with Crippen LogP contribution in [0.3, 0.4) is 0 Å². The van der Waals surface area contributed by atoms with Gasteiger partial charge in [0, 0.05) is 11.4 Å². The van der Waals surface area contributed by atoms with Crippen molar-refractivity contribution in [1.29, 1.82) is 0 Å². The van der Waals surface area contributed by atoms with E-state index in [9.17, 15) is 14.7 Å². The molecular weight excluding hydrogens is 414 g/mol. The highest BCUT2D eigenvalue weighted by Crippen LogP contribution is 2.40. The van der Waals surface area contributed by atoms with Gasteiger partial charge in [-0.2, -0.15) is 0 Å². The number of H-pyrrole nitrogens is 1. The molecule has 2 heterocycles. The predicted octanol–water partition coefficient (Wildman–Crippen LogP) is 3.77. The third-order valence-corrected chi connectivity index (χ3v) is 6.02. The number of phenolic OH excluding ortho intramolecular Hbond substituents is 1. The molecule has 8 heteroatoms. The van der Waals surface area contributed by atoms with E-state index in [-0.39, 0.29) is 11.3 Å². The van der Waals surface area contributed by atoms with Crippen LogP contribution in [0, 0.1) is 0 Å². The number of carbonyl (C=O) groups is 1. The van der Waals surface area contributed by atoms with Crippen molar-refractivity contribution in [2.24, 2.45) is 0 Å². The molecule has 0 amide bonds. The van der Waals surface area contributed by atoms with Gasteiger partial charge in [-0.15, -0.1) is 0 Å². The molecule has 1 aliphatic rings. The van der Waals surface area contributed by atoms with E-state index >= 15 is 0 Å². The van der Waals surface area contributed by atoms with E-state index in [2.05, 4.69) is 15.3 Å². The Hall–Kier alpha value is -3.52. The van der Waals surface area contributed by atoms with E-state index in [0.717, 1.165) is 5.56 Å². The van der Waals surface area contributed by atoms with Crippen LogP contribution in [0.15, 0.2) is 75.8 Å². The van der Waals surface area contributed by atoms with Gasteiger partial charge in [0.1, 0.15) is 11.6 Å². The van der Waals surface area contributed by atoms with E-state index in [4.69, 9.17) is 4.74 Å². The molecule has 0 bridgehead atoms. The first-order valence-electron chi connectivity index (χ1n) is 9.64. The molecular formula is C23H21N3O4S. The van der Waals surface area contributed by atoms with Crippen molar-refractivity contribution in [2.75, 3.05) is 12.4 Å². The number of methoxy groups -OCH3 is 1. The number of benzene rings is 2. The number of rotatable bonds is 5. The van der Waals surface area contributed by atoms with Crippen molar-refractivity contribution >= 4 is 23.5 Å². The summed E-state index contributed by atoms with van der Waals surface area (Å²) in [6, 6.07) is 16.3. The Bertz CT molecular complexity index is 1200. The first-order valence-corrected chi connectivity index (χ1v) is 10.6. The fourth-order valence-corrected chi connectivity index (χ4v) is 4.42. The number of esters is 1. The highest BCUT2D eigenvalue weighted by molar-refractivity contribution is 7.98. The van der Waals surface area contributed by atoms with Gasteiger partial charge in [-0.25, -0.2) is 9.78 Å². The number of carbonyl (C=O) groups excluding carboxylic acids is 1. The average Bonchev–Trinajstić information content (AvgIpc) is 2.77. The van der Waals surface area contributed by atoms with Crippen LogP contribution in [0.2, 0.25) is 0 Å². The number of ether oxygens (including phenoxy) is 1. The maximum atomic E-state index is 13.1. The molecule has 158 valence electrons. The van der Waals surface area contributed by atoms with Crippen LogP contribution in [0.1, 0.15) is 29.5 Å². The smallest absolute Gasteiger partial charge is 0.336 e. The van der Waals surface area contributed by atoms with Crippen LogP contribution in [0.5, 0.6) is 5.75 Å². The highest BCUT2D eigenvalue weighted by Gasteiger charge is 2.36. The fraction of sp³-hybridized carbons (Fsp3) is 0.174. The second-order valence-electron chi connectivity index (χ2n) is 7.09.